The molecule has 40 heavy (non-hydrogen) atoms. The lowest BCUT2D eigenvalue weighted by molar-refractivity contribution is -0.147. The standard InChI is InChI=1S/C29H39N5O6/c1-18(2)14-25(36)30-13-11-26(37)34-23(10-7-12-32-34)28(38)33-27(19(3)4)24(35)17-40-29(39)21-15-20-8-5-6-9-22(20)31-16-21/h5-6,8-9,15-16,18-19,23,27,32H,7,10-14,17H2,1-4H3,(H,30,36)(H,33,38)/t23-,27+/m0/s1. The van der Waals surface area contributed by atoms with Crippen molar-refractivity contribution in [1.82, 2.24) is 26.1 Å². The number of benzene rings is 1. The van der Waals surface area contributed by atoms with E-state index in [0.717, 1.165) is 10.9 Å². The molecule has 0 aliphatic carbocycles. The highest BCUT2D eigenvalue weighted by atomic mass is 16.5. The molecule has 0 unspecified atom stereocenters. The highest BCUT2D eigenvalue weighted by Gasteiger charge is 2.35. The number of ketones is 1. The molecule has 11 heteroatoms. The SMILES string of the molecule is CC(C)CC(=O)NCCC(=O)N1NCCC[C@H]1C(=O)N[C@@H](C(=O)COC(=O)c1cnc2ccccc2c1)C(C)C. The number of carbonyl (C=O) groups is 5. The normalized spacial score (nSPS) is 16.1. The van der Waals surface area contributed by atoms with Gasteiger partial charge in [-0.3, -0.25) is 29.2 Å². The van der Waals surface area contributed by atoms with Crippen LogP contribution in [0.1, 0.15) is 63.7 Å². The minimum Gasteiger partial charge on any atom is -0.454 e. The van der Waals surface area contributed by atoms with E-state index in [4.69, 9.17) is 4.74 Å². The molecule has 216 valence electrons. The smallest absolute Gasteiger partial charge is 0.340 e. The number of carbonyl (C=O) groups excluding carboxylic acids is 5. The van der Waals surface area contributed by atoms with E-state index in [0.29, 0.717) is 25.8 Å². The van der Waals surface area contributed by atoms with Crippen LogP contribution >= 0.6 is 0 Å². The summed E-state index contributed by atoms with van der Waals surface area (Å²) < 4.78 is 5.25. The number of nitrogens with zero attached hydrogens (tertiary/aromatic N) is 2. The van der Waals surface area contributed by atoms with Gasteiger partial charge in [0.25, 0.3) is 0 Å². The second-order valence-corrected chi connectivity index (χ2v) is 10.7. The van der Waals surface area contributed by atoms with Crippen molar-refractivity contribution >= 4 is 40.4 Å². The Morgan fingerprint density at radius 2 is 1.88 bits per heavy atom. The van der Waals surface area contributed by atoms with E-state index >= 15 is 0 Å². The Labute approximate surface area is 234 Å². The fourth-order valence-electron chi connectivity index (χ4n) is 4.48. The first kappa shape index (κ1) is 30.7. The van der Waals surface area contributed by atoms with Crippen LogP contribution in [0, 0.1) is 11.8 Å². The van der Waals surface area contributed by atoms with Crippen LogP contribution in [0.5, 0.6) is 0 Å². The number of hydrazine groups is 1. The number of rotatable bonds is 12. The van der Waals surface area contributed by atoms with Crippen molar-refractivity contribution in [3.63, 3.8) is 0 Å². The van der Waals surface area contributed by atoms with Crippen LogP contribution in [0.25, 0.3) is 10.9 Å². The van der Waals surface area contributed by atoms with Crippen molar-refractivity contribution in [1.29, 1.82) is 0 Å². The summed E-state index contributed by atoms with van der Waals surface area (Å²) in [6.45, 7) is 7.61. The van der Waals surface area contributed by atoms with E-state index in [1.54, 1.807) is 19.9 Å². The van der Waals surface area contributed by atoms with E-state index in [2.05, 4.69) is 21.0 Å². The van der Waals surface area contributed by atoms with Gasteiger partial charge in [0.2, 0.25) is 17.7 Å². The zero-order valence-electron chi connectivity index (χ0n) is 23.6. The van der Waals surface area contributed by atoms with Crippen LogP contribution in [-0.2, 0) is 23.9 Å². The summed E-state index contributed by atoms with van der Waals surface area (Å²) in [5, 5.41) is 7.55. The molecule has 2 atom stereocenters. The summed E-state index contributed by atoms with van der Waals surface area (Å²) >= 11 is 0. The predicted molar refractivity (Wildman–Crippen MR) is 149 cm³/mol. The summed E-state index contributed by atoms with van der Waals surface area (Å²) in [6.07, 6.45) is 2.90. The fourth-order valence-corrected chi connectivity index (χ4v) is 4.48. The first-order valence-corrected chi connectivity index (χ1v) is 13.7. The average molecular weight is 554 g/mol. The molecule has 0 saturated carbocycles. The second-order valence-electron chi connectivity index (χ2n) is 10.7. The maximum atomic E-state index is 13.2. The Bertz CT molecular complexity index is 1230. The summed E-state index contributed by atoms with van der Waals surface area (Å²) in [4.78, 5) is 67.8. The zero-order valence-corrected chi connectivity index (χ0v) is 23.6. The van der Waals surface area contributed by atoms with Crippen molar-refractivity contribution < 1.29 is 28.7 Å². The van der Waals surface area contributed by atoms with Crippen LogP contribution in [0.2, 0.25) is 0 Å². The molecule has 3 N–H and O–H groups in total. The number of aromatic nitrogens is 1. The van der Waals surface area contributed by atoms with Crippen LogP contribution in [-0.4, -0.2) is 71.2 Å². The van der Waals surface area contributed by atoms with E-state index in [-0.39, 0.29) is 42.2 Å². The summed E-state index contributed by atoms with van der Waals surface area (Å²) in [5.41, 5.74) is 3.93. The molecule has 11 nitrogen and oxygen atoms in total. The molecule has 3 amide bonds. The lowest BCUT2D eigenvalue weighted by Gasteiger charge is -2.36. The summed E-state index contributed by atoms with van der Waals surface area (Å²) in [5.74, 6) is -2.14. The number of fused-ring (bicyclic) bond motifs is 1. The number of hydrogen-bond acceptors (Lipinski definition) is 8. The zero-order chi connectivity index (χ0) is 29.2. The molecule has 0 bridgehead atoms. The molecule has 3 rings (SSSR count). The molecular formula is C29H39N5O6. The van der Waals surface area contributed by atoms with Crippen molar-refractivity contribution in [3.05, 3.63) is 42.1 Å². The lowest BCUT2D eigenvalue weighted by atomic mass is 9.98. The second kappa shape index (κ2) is 14.5. The molecule has 0 spiro atoms. The van der Waals surface area contributed by atoms with Crippen molar-refractivity contribution in [2.75, 3.05) is 19.7 Å². The molecule has 0 radical (unpaired) electrons. The highest BCUT2D eigenvalue weighted by Crippen LogP contribution is 2.15. The van der Waals surface area contributed by atoms with Crippen molar-refractivity contribution in [2.45, 2.75) is 65.5 Å². The van der Waals surface area contributed by atoms with Crippen molar-refractivity contribution in [2.24, 2.45) is 11.8 Å². The van der Waals surface area contributed by atoms with Crippen LogP contribution < -0.4 is 16.1 Å². The van der Waals surface area contributed by atoms with E-state index in [1.807, 2.05) is 38.1 Å². The molecule has 1 aliphatic rings. The molecule has 1 aromatic carbocycles. The minimum atomic E-state index is -0.913. The van der Waals surface area contributed by atoms with Crippen LogP contribution in [0.3, 0.4) is 0 Å². The monoisotopic (exact) mass is 553 g/mol. The van der Waals surface area contributed by atoms with E-state index in [9.17, 15) is 24.0 Å². The number of ether oxygens (including phenoxy) is 1. The Kier molecular flexibility index (Phi) is 11.1. The minimum absolute atomic E-state index is 0.0345. The van der Waals surface area contributed by atoms with E-state index < -0.39 is 36.4 Å². The molecule has 1 aromatic heterocycles. The molecule has 1 fully saturated rings. The van der Waals surface area contributed by atoms with Gasteiger partial charge >= 0.3 is 5.97 Å². The Morgan fingerprint density at radius 1 is 1.12 bits per heavy atom. The van der Waals surface area contributed by atoms with Gasteiger partial charge in [-0.05, 0) is 36.8 Å². The van der Waals surface area contributed by atoms with Gasteiger partial charge in [-0.25, -0.2) is 10.2 Å². The lowest BCUT2D eigenvalue weighted by Crippen LogP contribution is -2.61. The van der Waals surface area contributed by atoms with Gasteiger partial charge in [0.1, 0.15) is 6.04 Å². The Hall–Kier alpha value is -3.86. The van der Waals surface area contributed by atoms with Gasteiger partial charge in [0, 0.05) is 37.5 Å². The Morgan fingerprint density at radius 3 is 2.60 bits per heavy atom. The highest BCUT2D eigenvalue weighted by molar-refractivity contribution is 5.97. The number of esters is 1. The number of amides is 3. The topological polar surface area (TPSA) is 147 Å². The molecule has 1 aliphatic heterocycles. The average Bonchev–Trinajstić information content (AvgIpc) is 2.93. The number of hydrogen-bond donors (Lipinski definition) is 3. The van der Waals surface area contributed by atoms with Gasteiger partial charge < -0.3 is 15.4 Å². The summed E-state index contributed by atoms with van der Waals surface area (Å²) in [7, 11) is 0. The Balaban J connectivity index is 1.56. The molecular weight excluding hydrogens is 514 g/mol. The van der Waals surface area contributed by atoms with E-state index in [1.165, 1.54) is 11.2 Å². The van der Waals surface area contributed by atoms with Gasteiger partial charge in [-0.1, -0.05) is 45.9 Å². The van der Waals surface area contributed by atoms with Crippen LogP contribution in [0.15, 0.2) is 36.5 Å². The predicted octanol–water partition coefficient (Wildman–Crippen LogP) is 2.15. The van der Waals surface area contributed by atoms with Crippen molar-refractivity contribution in [3.8, 4) is 0 Å². The first-order chi connectivity index (χ1) is 19.1. The summed E-state index contributed by atoms with van der Waals surface area (Å²) in [6, 6.07) is 7.25. The first-order valence-electron chi connectivity index (χ1n) is 13.7. The third-order valence-electron chi connectivity index (χ3n) is 6.56. The van der Waals surface area contributed by atoms with Gasteiger partial charge in [-0.2, -0.15) is 0 Å². The number of pyridine rings is 1. The third-order valence-corrected chi connectivity index (χ3v) is 6.56. The molecule has 2 aromatic rings. The number of Topliss-reactive ketones (excluding diaryl/α,β-unsaturated/α-hetero) is 1. The number of nitrogens with one attached hydrogen (secondary N) is 3. The van der Waals surface area contributed by atoms with Gasteiger partial charge in [0.05, 0.1) is 17.1 Å². The molecule has 1 saturated heterocycles. The van der Waals surface area contributed by atoms with Crippen LogP contribution in [0.4, 0.5) is 0 Å². The maximum absolute atomic E-state index is 13.2. The fraction of sp³-hybridized carbons (Fsp3) is 0.517. The third kappa shape index (κ3) is 8.57. The maximum Gasteiger partial charge on any atom is 0.340 e. The van der Waals surface area contributed by atoms with Gasteiger partial charge in [-0.15, -0.1) is 0 Å². The number of para-hydroxylation sites is 1. The quantitative estimate of drug-likeness (QED) is 0.339. The van der Waals surface area contributed by atoms with Gasteiger partial charge in [0.15, 0.2) is 12.4 Å². The largest absolute Gasteiger partial charge is 0.454 e. The molecule has 2 heterocycles.